The van der Waals surface area contributed by atoms with Gasteiger partial charge in [0, 0.05) is 26.7 Å². The van der Waals surface area contributed by atoms with Crippen molar-refractivity contribution in [2.24, 2.45) is 7.05 Å². The molecule has 0 spiro atoms. The maximum Gasteiger partial charge on any atom is 0.173 e. The van der Waals surface area contributed by atoms with Gasteiger partial charge >= 0.3 is 0 Å². The highest BCUT2D eigenvalue weighted by Crippen LogP contribution is 2.08. The molecule has 1 unspecified atom stereocenters. The lowest BCUT2D eigenvalue weighted by Gasteiger charge is -2.27. The summed E-state index contributed by atoms with van der Waals surface area (Å²) in [7, 11) is 1.90. The van der Waals surface area contributed by atoms with Gasteiger partial charge in [-0.1, -0.05) is 6.92 Å². The fourth-order valence-corrected chi connectivity index (χ4v) is 1.90. The maximum atomic E-state index is 5.69. The molecule has 0 aliphatic rings. The lowest BCUT2D eigenvalue weighted by atomic mass is 10.1. The minimum absolute atomic E-state index is 0.0859. The molecule has 110 valence electrons. The predicted octanol–water partition coefficient (Wildman–Crippen LogP) is 1.12. The summed E-state index contributed by atoms with van der Waals surface area (Å²) in [5, 5.41) is 7.57. The molecule has 0 bridgehead atoms. The maximum absolute atomic E-state index is 5.69. The summed E-state index contributed by atoms with van der Waals surface area (Å²) in [5.41, 5.74) is 0. The first-order valence-electron chi connectivity index (χ1n) is 7.02. The van der Waals surface area contributed by atoms with Crippen LogP contribution in [0.4, 0.5) is 0 Å². The van der Waals surface area contributed by atoms with Crippen LogP contribution in [-0.2, 0) is 22.9 Å². The summed E-state index contributed by atoms with van der Waals surface area (Å²) in [6, 6.07) is 0.0859. The van der Waals surface area contributed by atoms with Gasteiger partial charge in [-0.15, -0.1) is 0 Å². The third-order valence-corrected chi connectivity index (χ3v) is 2.85. The lowest BCUT2D eigenvalue weighted by molar-refractivity contribution is -0.154. The highest BCUT2D eigenvalue weighted by atomic mass is 16.7. The molecule has 1 rings (SSSR count). The van der Waals surface area contributed by atoms with Crippen LogP contribution in [0.3, 0.4) is 0 Å². The van der Waals surface area contributed by atoms with Crippen molar-refractivity contribution in [1.82, 2.24) is 20.1 Å². The standard InChI is InChI=1S/C13H26N4O2/c1-5-8-14-11(13(18-6-2)19-7-3)9-12-15-10-16-17(12)4/h10-11,13-14H,5-9H2,1-4H3. The van der Waals surface area contributed by atoms with Gasteiger partial charge in [-0.05, 0) is 26.8 Å². The first-order chi connectivity index (χ1) is 9.22. The van der Waals surface area contributed by atoms with E-state index in [9.17, 15) is 0 Å². The van der Waals surface area contributed by atoms with Crippen LogP contribution in [-0.4, -0.2) is 46.9 Å². The van der Waals surface area contributed by atoms with E-state index in [1.807, 2.05) is 20.9 Å². The second-order valence-corrected chi connectivity index (χ2v) is 4.34. The van der Waals surface area contributed by atoms with E-state index in [0.717, 1.165) is 25.2 Å². The average molecular weight is 270 g/mol. The van der Waals surface area contributed by atoms with Crippen LogP contribution < -0.4 is 5.32 Å². The third-order valence-electron chi connectivity index (χ3n) is 2.85. The molecule has 0 saturated carbocycles. The summed E-state index contributed by atoms with van der Waals surface area (Å²) in [4.78, 5) is 4.27. The Morgan fingerprint density at radius 1 is 1.26 bits per heavy atom. The summed E-state index contributed by atoms with van der Waals surface area (Å²) < 4.78 is 13.2. The molecule has 19 heavy (non-hydrogen) atoms. The highest BCUT2D eigenvalue weighted by Gasteiger charge is 2.23. The van der Waals surface area contributed by atoms with Crippen molar-refractivity contribution in [2.45, 2.75) is 45.9 Å². The molecule has 1 atom stereocenters. The van der Waals surface area contributed by atoms with Crippen LogP contribution in [0.25, 0.3) is 0 Å². The number of nitrogens with one attached hydrogen (secondary N) is 1. The van der Waals surface area contributed by atoms with Gasteiger partial charge in [0.25, 0.3) is 0 Å². The monoisotopic (exact) mass is 270 g/mol. The van der Waals surface area contributed by atoms with Crippen LogP contribution in [0.1, 0.15) is 33.0 Å². The van der Waals surface area contributed by atoms with E-state index in [4.69, 9.17) is 9.47 Å². The van der Waals surface area contributed by atoms with Gasteiger partial charge in [0.15, 0.2) is 6.29 Å². The normalized spacial score (nSPS) is 13.1. The van der Waals surface area contributed by atoms with E-state index in [2.05, 4.69) is 22.3 Å². The lowest BCUT2D eigenvalue weighted by Crippen LogP contribution is -2.45. The number of aromatic nitrogens is 3. The summed E-state index contributed by atoms with van der Waals surface area (Å²) in [6.07, 6.45) is 3.13. The Balaban J connectivity index is 2.70. The van der Waals surface area contributed by atoms with Gasteiger partial charge in [0.1, 0.15) is 12.2 Å². The minimum atomic E-state index is -0.252. The highest BCUT2D eigenvalue weighted by molar-refractivity contribution is 4.90. The molecule has 0 saturated heterocycles. The largest absolute Gasteiger partial charge is 0.351 e. The molecule has 6 nitrogen and oxygen atoms in total. The summed E-state index contributed by atoms with van der Waals surface area (Å²) in [6.45, 7) is 8.29. The van der Waals surface area contributed by atoms with Crippen molar-refractivity contribution in [2.75, 3.05) is 19.8 Å². The Morgan fingerprint density at radius 3 is 2.42 bits per heavy atom. The molecule has 1 N–H and O–H groups in total. The summed E-state index contributed by atoms with van der Waals surface area (Å²) >= 11 is 0. The Labute approximate surface area is 115 Å². The quantitative estimate of drug-likeness (QED) is 0.646. The number of ether oxygens (including phenoxy) is 2. The van der Waals surface area contributed by atoms with Gasteiger partial charge in [-0.25, -0.2) is 4.98 Å². The SMILES string of the molecule is CCCNC(Cc1ncnn1C)C(OCC)OCC. The van der Waals surface area contributed by atoms with Gasteiger partial charge in [0.05, 0.1) is 6.04 Å². The number of rotatable bonds is 10. The van der Waals surface area contributed by atoms with Crippen molar-refractivity contribution in [3.05, 3.63) is 12.2 Å². The van der Waals surface area contributed by atoms with E-state index in [-0.39, 0.29) is 12.3 Å². The fraction of sp³-hybridized carbons (Fsp3) is 0.846. The fourth-order valence-electron chi connectivity index (χ4n) is 1.90. The number of hydrogen-bond acceptors (Lipinski definition) is 5. The predicted molar refractivity (Wildman–Crippen MR) is 73.8 cm³/mol. The second-order valence-electron chi connectivity index (χ2n) is 4.34. The molecule has 0 aromatic carbocycles. The summed E-state index contributed by atoms with van der Waals surface area (Å²) in [5.74, 6) is 0.929. The zero-order chi connectivity index (χ0) is 14.1. The second kappa shape index (κ2) is 9.01. The average Bonchev–Trinajstić information content (AvgIpc) is 2.80. The Bertz CT molecular complexity index is 337. The molecule has 1 aromatic heterocycles. The molecule has 1 heterocycles. The Morgan fingerprint density at radius 2 is 1.95 bits per heavy atom. The zero-order valence-corrected chi connectivity index (χ0v) is 12.4. The van der Waals surface area contributed by atoms with Crippen LogP contribution in [0, 0.1) is 0 Å². The van der Waals surface area contributed by atoms with Crippen LogP contribution in [0.5, 0.6) is 0 Å². The molecular formula is C13H26N4O2. The van der Waals surface area contributed by atoms with Crippen molar-refractivity contribution in [3.63, 3.8) is 0 Å². The van der Waals surface area contributed by atoms with Crippen molar-refractivity contribution in [1.29, 1.82) is 0 Å². The van der Waals surface area contributed by atoms with Crippen LogP contribution in [0.15, 0.2) is 6.33 Å². The molecule has 0 amide bonds. The topological polar surface area (TPSA) is 61.2 Å². The minimum Gasteiger partial charge on any atom is -0.351 e. The zero-order valence-electron chi connectivity index (χ0n) is 12.4. The first-order valence-corrected chi connectivity index (χ1v) is 7.02. The molecule has 0 aliphatic carbocycles. The van der Waals surface area contributed by atoms with E-state index in [0.29, 0.717) is 13.2 Å². The Hall–Kier alpha value is -0.980. The van der Waals surface area contributed by atoms with Crippen LogP contribution >= 0.6 is 0 Å². The van der Waals surface area contributed by atoms with E-state index in [1.165, 1.54) is 0 Å². The first kappa shape index (κ1) is 16.1. The van der Waals surface area contributed by atoms with Gasteiger partial charge < -0.3 is 14.8 Å². The number of hydrogen-bond donors (Lipinski definition) is 1. The van der Waals surface area contributed by atoms with E-state index in [1.54, 1.807) is 11.0 Å². The van der Waals surface area contributed by atoms with Crippen molar-refractivity contribution in [3.8, 4) is 0 Å². The van der Waals surface area contributed by atoms with Gasteiger partial charge in [0.2, 0.25) is 0 Å². The van der Waals surface area contributed by atoms with Gasteiger partial charge in [-0.3, -0.25) is 4.68 Å². The van der Waals surface area contributed by atoms with E-state index < -0.39 is 0 Å². The number of aryl methyl sites for hydroxylation is 1. The number of nitrogens with zero attached hydrogens (tertiary/aromatic N) is 3. The molecule has 0 radical (unpaired) electrons. The van der Waals surface area contributed by atoms with E-state index >= 15 is 0 Å². The van der Waals surface area contributed by atoms with Crippen molar-refractivity contribution < 1.29 is 9.47 Å². The van der Waals surface area contributed by atoms with Crippen LogP contribution in [0.2, 0.25) is 0 Å². The smallest absolute Gasteiger partial charge is 0.173 e. The molecule has 0 fully saturated rings. The van der Waals surface area contributed by atoms with Gasteiger partial charge in [-0.2, -0.15) is 5.10 Å². The Kier molecular flexibility index (Phi) is 7.62. The molecular weight excluding hydrogens is 244 g/mol. The molecule has 6 heteroatoms. The molecule has 1 aromatic rings. The third kappa shape index (κ3) is 5.26. The van der Waals surface area contributed by atoms with Crippen molar-refractivity contribution >= 4 is 0 Å². The molecule has 0 aliphatic heterocycles.